The van der Waals surface area contributed by atoms with E-state index in [1.54, 1.807) is 11.3 Å². The standard InChI is InChI=1S/C26H28N4O2S/c1-17-16-30(23-4-2-3-19-14-21(15-27)33-25(19)23)11-10-29(17)9-7-24-22-6-5-20(26(28)31)13-18(22)8-12-32-24/h2-6,13-14,17,24H,7-12,16H2,1H3,(H2,28,31)/t17-,24+/m1/s1. The van der Waals surface area contributed by atoms with E-state index in [1.165, 1.54) is 21.5 Å². The van der Waals surface area contributed by atoms with Crippen molar-refractivity contribution in [2.75, 3.05) is 37.7 Å². The summed E-state index contributed by atoms with van der Waals surface area (Å²) < 4.78 is 7.31. The Kier molecular flexibility index (Phi) is 6.07. The van der Waals surface area contributed by atoms with Crippen LogP contribution in [0.1, 0.15) is 45.8 Å². The molecule has 3 aromatic rings. The van der Waals surface area contributed by atoms with Gasteiger partial charge in [-0.2, -0.15) is 5.26 Å². The zero-order chi connectivity index (χ0) is 22.9. The predicted octanol–water partition coefficient (Wildman–Crippen LogP) is 4.09. The molecule has 1 fully saturated rings. The molecule has 2 atom stereocenters. The van der Waals surface area contributed by atoms with E-state index >= 15 is 0 Å². The van der Waals surface area contributed by atoms with Crippen LogP contribution in [-0.2, 0) is 11.2 Å². The molecule has 7 heteroatoms. The molecular formula is C26H28N4O2S. The molecule has 1 aromatic heterocycles. The fraction of sp³-hybridized carbons (Fsp3) is 0.385. The van der Waals surface area contributed by atoms with Crippen molar-refractivity contribution in [3.63, 3.8) is 0 Å². The van der Waals surface area contributed by atoms with Gasteiger partial charge in [0.1, 0.15) is 10.9 Å². The predicted molar refractivity (Wildman–Crippen MR) is 132 cm³/mol. The number of ether oxygens (including phenoxy) is 1. The molecule has 2 N–H and O–H groups in total. The lowest BCUT2D eigenvalue weighted by Gasteiger charge is -2.41. The molecule has 1 saturated heterocycles. The molecule has 0 spiro atoms. The summed E-state index contributed by atoms with van der Waals surface area (Å²) in [5.41, 5.74) is 9.63. The Bertz CT molecular complexity index is 1230. The highest BCUT2D eigenvalue weighted by molar-refractivity contribution is 7.20. The molecule has 3 heterocycles. The molecule has 2 aromatic carbocycles. The van der Waals surface area contributed by atoms with Gasteiger partial charge in [0.2, 0.25) is 5.91 Å². The summed E-state index contributed by atoms with van der Waals surface area (Å²) in [7, 11) is 0. The Morgan fingerprint density at radius 3 is 2.94 bits per heavy atom. The number of hydrogen-bond donors (Lipinski definition) is 1. The first-order valence-electron chi connectivity index (χ1n) is 11.5. The number of nitrogens with two attached hydrogens (primary N) is 1. The molecule has 33 heavy (non-hydrogen) atoms. The molecule has 2 aliphatic rings. The summed E-state index contributed by atoms with van der Waals surface area (Å²) in [6, 6.07) is 16.8. The van der Waals surface area contributed by atoms with E-state index in [2.05, 4.69) is 41.0 Å². The van der Waals surface area contributed by atoms with Gasteiger partial charge in [0.25, 0.3) is 0 Å². The third-order valence-corrected chi connectivity index (χ3v) is 7.96. The largest absolute Gasteiger partial charge is 0.373 e. The topological polar surface area (TPSA) is 82.6 Å². The van der Waals surface area contributed by atoms with Crippen LogP contribution in [0.2, 0.25) is 0 Å². The van der Waals surface area contributed by atoms with Crippen LogP contribution in [0.25, 0.3) is 10.1 Å². The quantitative estimate of drug-likeness (QED) is 0.620. The van der Waals surface area contributed by atoms with Crippen LogP contribution < -0.4 is 10.6 Å². The third-order valence-electron chi connectivity index (χ3n) is 6.88. The van der Waals surface area contributed by atoms with Crippen LogP contribution in [0.15, 0.2) is 42.5 Å². The summed E-state index contributed by atoms with van der Waals surface area (Å²) in [6.45, 7) is 6.86. The van der Waals surface area contributed by atoms with Crippen molar-refractivity contribution in [3.8, 4) is 6.07 Å². The molecule has 0 unspecified atom stereocenters. The summed E-state index contributed by atoms with van der Waals surface area (Å²) in [6.07, 6.45) is 1.81. The molecule has 170 valence electrons. The number of carbonyl (C=O) groups is 1. The molecule has 1 amide bonds. The van der Waals surface area contributed by atoms with E-state index in [1.807, 2.05) is 24.3 Å². The highest BCUT2D eigenvalue weighted by atomic mass is 32.1. The van der Waals surface area contributed by atoms with Gasteiger partial charge in [-0.25, -0.2) is 0 Å². The monoisotopic (exact) mass is 460 g/mol. The van der Waals surface area contributed by atoms with E-state index in [0.717, 1.165) is 49.3 Å². The molecule has 2 aliphatic heterocycles. The van der Waals surface area contributed by atoms with E-state index in [9.17, 15) is 10.1 Å². The maximum absolute atomic E-state index is 11.5. The number of rotatable bonds is 5. The minimum atomic E-state index is -0.380. The SMILES string of the molecule is C[C@@H]1CN(c2cccc3cc(C#N)sc23)CCN1CC[C@@H]1OCCc2cc(C(N)=O)ccc21. The van der Waals surface area contributed by atoms with Gasteiger partial charge in [-0.1, -0.05) is 18.2 Å². The third kappa shape index (κ3) is 4.34. The van der Waals surface area contributed by atoms with Gasteiger partial charge in [-0.15, -0.1) is 11.3 Å². The average Bonchev–Trinajstić information content (AvgIpc) is 3.26. The summed E-state index contributed by atoms with van der Waals surface area (Å²) in [4.78, 5) is 17.3. The number of thiophene rings is 1. The number of nitrogens with zero attached hydrogens (tertiary/aromatic N) is 3. The zero-order valence-corrected chi connectivity index (χ0v) is 19.6. The van der Waals surface area contributed by atoms with Crippen molar-refractivity contribution in [3.05, 3.63) is 64.0 Å². The second-order valence-corrected chi connectivity index (χ2v) is 9.98. The van der Waals surface area contributed by atoms with Gasteiger partial charge in [0.05, 0.1) is 23.1 Å². The number of fused-ring (bicyclic) bond motifs is 2. The first kappa shape index (κ1) is 21.9. The second kappa shape index (κ2) is 9.14. The highest BCUT2D eigenvalue weighted by Gasteiger charge is 2.27. The fourth-order valence-corrected chi connectivity index (χ4v) is 6.11. The van der Waals surface area contributed by atoms with Crippen LogP contribution in [-0.4, -0.2) is 49.6 Å². The average molecular weight is 461 g/mol. The van der Waals surface area contributed by atoms with Crippen LogP contribution in [0.3, 0.4) is 0 Å². The molecule has 0 radical (unpaired) electrons. The number of amides is 1. The number of primary amides is 1. The number of carbonyl (C=O) groups excluding carboxylic acids is 1. The Morgan fingerprint density at radius 2 is 2.15 bits per heavy atom. The smallest absolute Gasteiger partial charge is 0.248 e. The summed E-state index contributed by atoms with van der Waals surface area (Å²) in [5, 5.41) is 10.4. The number of anilines is 1. The van der Waals surface area contributed by atoms with E-state index in [0.29, 0.717) is 18.2 Å². The van der Waals surface area contributed by atoms with Gasteiger partial charge in [-0.3, -0.25) is 9.69 Å². The van der Waals surface area contributed by atoms with Gasteiger partial charge in [-0.05, 0) is 60.5 Å². The lowest BCUT2D eigenvalue weighted by atomic mass is 9.93. The first-order valence-corrected chi connectivity index (χ1v) is 12.3. The van der Waals surface area contributed by atoms with E-state index < -0.39 is 0 Å². The Labute approximate surface area is 198 Å². The van der Waals surface area contributed by atoms with Gasteiger partial charge in [0, 0.05) is 37.8 Å². The van der Waals surface area contributed by atoms with Crippen LogP contribution in [0.4, 0.5) is 5.69 Å². The normalized spacial score (nSPS) is 21.0. The molecule has 0 bridgehead atoms. The Balaban J connectivity index is 1.24. The molecule has 6 nitrogen and oxygen atoms in total. The van der Waals surface area contributed by atoms with Crippen molar-refractivity contribution in [2.24, 2.45) is 5.73 Å². The Hall–Kier alpha value is -2.92. The second-order valence-electron chi connectivity index (χ2n) is 8.92. The number of nitriles is 1. The van der Waals surface area contributed by atoms with Gasteiger partial charge < -0.3 is 15.4 Å². The van der Waals surface area contributed by atoms with Crippen molar-refractivity contribution in [2.45, 2.75) is 31.9 Å². The van der Waals surface area contributed by atoms with E-state index in [4.69, 9.17) is 10.5 Å². The maximum Gasteiger partial charge on any atom is 0.248 e. The zero-order valence-electron chi connectivity index (χ0n) is 18.8. The van der Waals surface area contributed by atoms with Gasteiger partial charge >= 0.3 is 0 Å². The van der Waals surface area contributed by atoms with Crippen molar-refractivity contribution < 1.29 is 9.53 Å². The van der Waals surface area contributed by atoms with Crippen LogP contribution >= 0.6 is 11.3 Å². The maximum atomic E-state index is 11.5. The minimum Gasteiger partial charge on any atom is -0.373 e. The van der Waals surface area contributed by atoms with Gasteiger partial charge in [0.15, 0.2) is 0 Å². The van der Waals surface area contributed by atoms with Crippen LogP contribution in [0.5, 0.6) is 0 Å². The number of benzene rings is 2. The lowest BCUT2D eigenvalue weighted by molar-refractivity contribution is 0.0255. The van der Waals surface area contributed by atoms with Crippen molar-refractivity contribution in [1.82, 2.24) is 4.90 Å². The molecule has 5 rings (SSSR count). The molecular weight excluding hydrogens is 432 g/mol. The fourth-order valence-electron chi connectivity index (χ4n) is 5.11. The molecule has 0 aliphatic carbocycles. The first-order chi connectivity index (χ1) is 16.0. The minimum absolute atomic E-state index is 0.0603. The molecule has 0 saturated carbocycles. The van der Waals surface area contributed by atoms with E-state index in [-0.39, 0.29) is 12.0 Å². The van der Waals surface area contributed by atoms with Crippen LogP contribution in [0, 0.1) is 11.3 Å². The van der Waals surface area contributed by atoms with Crippen molar-refractivity contribution >= 4 is 33.0 Å². The Morgan fingerprint density at radius 1 is 1.27 bits per heavy atom. The number of piperazine rings is 1. The van der Waals surface area contributed by atoms with Crippen molar-refractivity contribution in [1.29, 1.82) is 5.26 Å². The lowest BCUT2D eigenvalue weighted by Crippen LogP contribution is -2.52. The highest BCUT2D eigenvalue weighted by Crippen LogP contribution is 2.35. The summed E-state index contributed by atoms with van der Waals surface area (Å²) in [5.74, 6) is -0.380. The summed E-state index contributed by atoms with van der Waals surface area (Å²) >= 11 is 1.58. The number of hydrogen-bond acceptors (Lipinski definition) is 6.